The number of ether oxygens (including phenoxy) is 1. The van der Waals surface area contributed by atoms with Crippen LogP contribution in [0.25, 0.3) is 10.9 Å². The molecule has 2 aromatic carbocycles. The van der Waals surface area contributed by atoms with Gasteiger partial charge in [0.15, 0.2) is 0 Å². The Morgan fingerprint density at radius 2 is 2.00 bits per heavy atom. The summed E-state index contributed by atoms with van der Waals surface area (Å²) in [5.41, 5.74) is 3.36. The molecule has 0 spiro atoms. The third-order valence-corrected chi connectivity index (χ3v) is 4.64. The number of para-hydroxylation sites is 2. The van der Waals surface area contributed by atoms with Crippen molar-refractivity contribution in [2.45, 2.75) is 18.8 Å². The van der Waals surface area contributed by atoms with Crippen LogP contribution in [0, 0.1) is 0 Å². The number of benzene rings is 2. The molecule has 2 heterocycles. The molecule has 3 aromatic rings. The first-order chi connectivity index (χ1) is 11.8. The van der Waals surface area contributed by atoms with Gasteiger partial charge in [-0.1, -0.05) is 36.4 Å². The van der Waals surface area contributed by atoms with Crippen molar-refractivity contribution in [2.75, 3.05) is 13.2 Å². The van der Waals surface area contributed by atoms with Crippen LogP contribution < -0.4 is 10.1 Å². The molecule has 1 aliphatic heterocycles. The summed E-state index contributed by atoms with van der Waals surface area (Å²) in [6, 6.07) is 16.0. The first-order valence-electron chi connectivity index (χ1n) is 8.37. The largest absolute Gasteiger partial charge is 0.493 e. The lowest BCUT2D eigenvalue weighted by atomic mass is 9.92. The van der Waals surface area contributed by atoms with Crippen LogP contribution in [0.4, 0.5) is 0 Å². The van der Waals surface area contributed by atoms with Gasteiger partial charge < -0.3 is 15.0 Å². The summed E-state index contributed by atoms with van der Waals surface area (Å²) in [6.07, 6.45) is 3.58. The Morgan fingerprint density at radius 3 is 2.96 bits per heavy atom. The van der Waals surface area contributed by atoms with Crippen molar-refractivity contribution in [3.63, 3.8) is 0 Å². The summed E-state index contributed by atoms with van der Waals surface area (Å²) < 4.78 is 5.63. The second-order valence-corrected chi connectivity index (χ2v) is 6.13. The van der Waals surface area contributed by atoms with Crippen molar-refractivity contribution in [3.05, 3.63) is 65.9 Å². The van der Waals surface area contributed by atoms with Gasteiger partial charge in [-0.05, 0) is 30.5 Å². The first-order valence-corrected chi connectivity index (χ1v) is 8.37. The van der Waals surface area contributed by atoms with E-state index in [1.165, 1.54) is 10.9 Å². The molecule has 1 atom stereocenters. The summed E-state index contributed by atoms with van der Waals surface area (Å²) in [6.45, 7) is 1.23. The Morgan fingerprint density at radius 1 is 1.17 bits per heavy atom. The zero-order valence-corrected chi connectivity index (χ0v) is 13.4. The molecule has 4 rings (SSSR count). The molecule has 1 aromatic heterocycles. The van der Waals surface area contributed by atoms with E-state index in [0.29, 0.717) is 13.2 Å². The Balaban J connectivity index is 1.41. The maximum absolute atomic E-state index is 12.6. The number of fused-ring (bicyclic) bond motifs is 2. The monoisotopic (exact) mass is 320 g/mol. The standard InChI is InChI=1S/C20H20N2O2/c23-20(17-10-12-24-19-8-4-2-6-16(17)19)21-11-9-14-13-22-18-7-3-1-5-15(14)18/h1-8,13,17,22H,9-12H2,(H,21,23). The minimum atomic E-state index is -0.113. The number of hydrogen-bond donors (Lipinski definition) is 2. The minimum Gasteiger partial charge on any atom is -0.493 e. The van der Waals surface area contributed by atoms with E-state index in [1.54, 1.807) is 0 Å². The van der Waals surface area contributed by atoms with E-state index in [9.17, 15) is 4.79 Å². The van der Waals surface area contributed by atoms with E-state index in [4.69, 9.17) is 4.74 Å². The maximum atomic E-state index is 12.6. The number of carbonyl (C=O) groups is 1. The molecule has 4 nitrogen and oxygen atoms in total. The van der Waals surface area contributed by atoms with Gasteiger partial charge in [-0.2, -0.15) is 0 Å². The van der Waals surface area contributed by atoms with Gasteiger partial charge in [-0.15, -0.1) is 0 Å². The molecule has 1 aliphatic rings. The number of amides is 1. The predicted octanol–water partition coefficient (Wildman–Crippen LogP) is 3.39. The zero-order chi connectivity index (χ0) is 16.4. The number of rotatable bonds is 4. The molecular weight excluding hydrogens is 300 g/mol. The van der Waals surface area contributed by atoms with Gasteiger partial charge in [-0.25, -0.2) is 0 Å². The Bertz CT molecular complexity index is 869. The fourth-order valence-electron chi connectivity index (χ4n) is 3.40. The predicted molar refractivity (Wildman–Crippen MR) is 94.3 cm³/mol. The van der Waals surface area contributed by atoms with Crippen LogP contribution >= 0.6 is 0 Å². The van der Waals surface area contributed by atoms with Gasteiger partial charge in [0.1, 0.15) is 5.75 Å². The minimum absolute atomic E-state index is 0.0885. The van der Waals surface area contributed by atoms with E-state index in [1.807, 2.05) is 42.6 Å². The van der Waals surface area contributed by atoms with Crippen molar-refractivity contribution in [1.82, 2.24) is 10.3 Å². The van der Waals surface area contributed by atoms with Crippen LogP contribution in [0.2, 0.25) is 0 Å². The van der Waals surface area contributed by atoms with Gasteiger partial charge in [0.05, 0.1) is 12.5 Å². The summed E-state index contributed by atoms with van der Waals surface area (Å²) in [7, 11) is 0. The van der Waals surface area contributed by atoms with Crippen LogP contribution in [-0.4, -0.2) is 24.0 Å². The highest BCUT2D eigenvalue weighted by atomic mass is 16.5. The molecule has 1 amide bonds. The molecule has 0 radical (unpaired) electrons. The highest BCUT2D eigenvalue weighted by Gasteiger charge is 2.26. The lowest BCUT2D eigenvalue weighted by Crippen LogP contribution is -2.33. The highest BCUT2D eigenvalue weighted by Crippen LogP contribution is 2.33. The molecule has 0 bridgehead atoms. The molecule has 0 saturated heterocycles. The average molecular weight is 320 g/mol. The van der Waals surface area contributed by atoms with Crippen molar-refractivity contribution in [2.24, 2.45) is 0 Å². The van der Waals surface area contributed by atoms with E-state index in [2.05, 4.69) is 22.4 Å². The average Bonchev–Trinajstić information content (AvgIpc) is 3.04. The molecule has 24 heavy (non-hydrogen) atoms. The van der Waals surface area contributed by atoms with Crippen molar-refractivity contribution in [1.29, 1.82) is 0 Å². The van der Waals surface area contributed by atoms with Gasteiger partial charge in [0.2, 0.25) is 5.91 Å². The number of nitrogens with one attached hydrogen (secondary N) is 2. The normalized spacial score (nSPS) is 16.4. The molecule has 122 valence electrons. The zero-order valence-electron chi connectivity index (χ0n) is 13.4. The van der Waals surface area contributed by atoms with E-state index < -0.39 is 0 Å². The number of aromatic amines is 1. The number of aromatic nitrogens is 1. The molecule has 1 unspecified atom stereocenters. The summed E-state index contributed by atoms with van der Waals surface area (Å²) in [4.78, 5) is 15.9. The van der Waals surface area contributed by atoms with Gasteiger partial charge in [0.25, 0.3) is 0 Å². The lowest BCUT2D eigenvalue weighted by Gasteiger charge is -2.25. The van der Waals surface area contributed by atoms with E-state index >= 15 is 0 Å². The van der Waals surface area contributed by atoms with Crippen molar-refractivity contribution >= 4 is 16.8 Å². The third-order valence-electron chi connectivity index (χ3n) is 4.64. The van der Waals surface area contributed by atoms with Gasteiger partial charge in [0, 0.05) is 29.2 Å². The quantitative estimate of drug-likeness (QED) is 0.774. The fourth-order valence-corrected chi connectivity index (χ4v) is 3.40. The summed E-state index contributed by atoms with van der Waals surface area (Å²) in [5.74, 6) is 0.809. The second kappa shape index (κ2) is 6.40. The molecule has 0 fully saturated rings. The molecule has 0 saturated carbocycles. The Labute approximate surface area is 140 Å². The fraction of sp³-hybridized carbons (Fsp3) is 0.250. The topological polar surface area (TPSA) is 54.1 Å². The van der Waals surface area contributed by atoms with Gasteiger partial charge >= 0.3 is 0 Å². The smallest absolute Gasteiger partial charge is 0.227 e. The van der Waals surface area contributed by atoms with Crippen molar-refractivity contribution in [3.8, 4) is 5.75 Å². The molecule has 4 heteroatoms. The van der Waals surface area contributed by atoms with Crippen LogP contribution in [0.1, 0.15) is 23.5 Å². The Kier molecular flexibility index (Phi) is 3.95. The molecule has 0 aliphatic carbocycles. The van der Waals surface area contributed by atoms with Crippen LogP contribution in [0.5, 0.6) is 5.75 Å². The van der Waals surface area contributed by atoms with E-state index in [0.717, 1.165) is 29.7 Å². The number of hydrogen-bond acceptors (Lipinski definition) is 2. The number of carbonyl (C=O) groups excluding carboxylic acids is 1. The van der Waals surface area contributed by atoms with Gasteiger partial charge in [-0.3, -0.25) is 4.79 Å². The Hall–Kier alpha value is -2.75. The molecule has 2 N–H and O–H groups in total. The molecular formula is C20H20N2O2. The third kappa shape index (κ3) is 2.75. The van der Waals surface area contributed by atoms with Crippen molar-refractivity contribution < 1.29 is 9.53 Å². The maximum Gasteiger partial charge on any atom is 0.227 e. The van der Waals surface area contributed by atoms with Crippen LogP contribution in [0.15, 0.2) is 54.7 Å². The van der Waals surface area contributed by atoms with E-state index in [-0.39, 0.29) is 11.8 Å². The summed E-state index contributed by atoms with van der Waals surface area (Å²) in [5, 5.41) is 4.31. The second-order valence-electron chi connectivity index (χ2n) is 6.13. The number of H-pyrrole nitrogens is 1. The SMILES string of the molecule is O=C(NCCc1c[nH]c2ccccc12)C1CCOc2ccccc21. The lowest BCUT2D eigenvalue weighted by molar-refractivity contribution is -0.123. The van der Waals surface area contributed by atoms with Crippen LogP contribution in [0.3, 0.4) is 0 Å². The summed E-state index contributed by atoms with van der Waals surface area (Å²) >= 11 is 0. The highest BCUT2D eigenvalue weighted by molar-refractivity contribution is 5.85. The first kappa shape index (κ1) is 14.8. The van der Waals surface area contributed by atoms with Crippen LogP contribution in [-0.2, 0) is 11.2 Å².